The summed E-state index contributed by atoms with van der Waals surface area (Å²) in [5.41, 5.74) is 2.90. The highest BCUT2D eigenvalue weighted by atomic mass is 19.1. The fourth-order valence-corrected chi connectivity index (χ4v) is 3.09. The highest BCUT2D eigenvalue weighted by Crippen LogP contribution is 2.34. The molecule has 1 aliphatic rings. The largest absolute Gasteiger partial charge is 0.315 e. The van der Waals surface area contributed by atoms with E-state index in [9.17, 15) is 4.39 Å². The molecule has 2 heterocycles. The van der Waals surface area contributed by atoms with Crippen LogP contribution in [0.3, 0.4) is 0 Å². The Labute approximate surface area is 118 Å². The van der Waals surface area contributed by atoms with Crippen molar-refractivity contribution in [1.82, 2.24) is 15.1 Å². The zero-order chi connectivity index (χ0) is 14.2. The van der Waals surface area contributed by atoms with Gasteiger partial charge in [0.2, 0.25) is 0 Å². The molecule has 1 N–H and O–H groups in total. The zero-order valence-corrected chi connectivity index (χ0v) is 12.0. The van der Waals surface area contributed by atoms with Crippen molar-refractivity contribution in [1.29, 1.82) is 0 Å². The summed E-state index contributed by atoms with van der Waals surface area (Å²) in [7, 11) is 0. The Bertz CT molecular complexity index is 614. The molecule has 3 nitrogen and oxygen atoms in total. The molecule has 0 saturated carbocycles. The summed E-state index contributed by atoms with van der Waals surface area (Å²) in [5, 5.41) is 7.79. The molecule has 0 radical (unpaired) electrons. The molecule has 1 aliphatic heterocycles. The van der Waals surface area contributed by atoms with E-state index in [0.29, 0.717) is 0 Å². The average Bonchev–Trinajstić information content (AvgIpc) is 2.75. The summed E-state index contributed by atoms with van der Waals surface area (Å²) in [4.78, 5) is 0. The Morgan fingerprint density at radius 2 is 2.10 bits per heavy atom. The average molecular weight is 273 g/mol. The predicted octanol–water partition coefficient (Wildman–Crippen LogP) is 2.43. The molecule has 0 spiro atoms. The third-order valence-corrected chi connectivity index (χ3v) is 4.18. The maximum Gasteiger partial charge on any atom is 0.127 e. The maximum atomic E-state index is 14.1. The molecule has 2 aromatic rings. The summed E-state index contributed by atoms with van der Waals surface area (Å²) >= 11 is 0. The first kappa shape index (κ1) is 13.3. The number of rotatable bonds is 4. The maximum absolute atomic E-state index is 14.1. The Balaban J connectivity index is 1.96. The van der Waals surface area contributed by atoms with Gasteiger partial charge < -0.3 is 5.32 Å². The van der Waals surface area contributed by atoms with E-state index in [0.717, 1.165) is 37.3 Å². The summed E-state index contributed by atoms with van der Waals surface area (Å²) in [6, 6.07) is 9.25. The van der Waals surface area contributed by atoms with Crippen LogP contribution in [0.2, 0.25) is 0 Å². The van der Waals surface area contributed by atoms with Crippen molar-refractivity contribution in [3.8, 4) is 0 Å². The number of aromatic nitrogens is 2. The van der Waals surface area contributed by atoms with Gasteiger partial charge in [-0.3, -0.25) is 4.68 Å². The minimum Gasteiger partial charge on any atom is -0.315 e. The molecule has 20 heavy (non-hydrogen) atoms. The van der Waals surface area contributed by atoms with Gasteiger partial charge in [0.15, 0.2) is 0 Å². The van der Waals surface area contributed by atoms with Crippen LogP contribution in [0.4, 0.5) is 4.39 Å². The van der Waals surface area contributed by atoms with Crippen LogP contribution in [0.15, 0.2) is 30.3 Å². The van der Waals surface area contributed by atoms with Gasteiger partial charge in [-0.05, 0) is 31.5 Å². The van der Waals surface area contributed by atoms with E-state index in [1.165, 1.54) is 5.69 Å². The van der Waals surface area contributed by atoms with E-state index >= 15 is 0 Å². The van der Waals surface area contributed by atoms with E-state index < -0.39 is 0 Å². The number of halogens is 1. The standard InChI is InChI=1S/C16H20FN3/c1-3-20-13(8-12(2)19-20)9-16(10-18-11-16)14-6-4-5-7-15(14)17/h4-8,18H,3,9-11H2,1-2H3. The molecule has 1 aromatic carbocycles. The molecule has 0 amide bonds. The number of nitrogens with one attached hydrogen (secondary N) is 1. The van der Waals surface area contributed by atoms with E-state index in [-0.39, 0.29) is 11.2 Å². The van der Waals surface area contributed by atoms with Gasteiger partial charge in [-0.2, -0.15) is 5.10 Å². The van der Waals surface area contributed by atoms with Crippen LogP contribution in [0.1, 0.15) is 23.9 Å². The third kappa shape index (κ3) is 2.14. The molecule has 0 bridgehead atoms. The lowest BCUT2D eigenvalue weighted by atomic mass is 9.71. The Kier molecular flexibility index (Phi) is 3.34. The highest BCUT2D eigenvalue weighted by molar-refractivity contribution is 5.33. The smallest absolute Gasteiger partial charge is 0.127 e. The molecule has 1 aromatic heterocycles. The topological polar surface area (TPSA) is 29.9 Å². The van der Waals surface area contributed by atoms with Crippen LogP contribution in [0.25, 0.3) is 0 Å². The fourth-order valence-electron chi connectivity index (χ4n) is 3.09. The zero-order valence-electron chi connectivity index (χ0n) is 12.0. The Morgan fingerprint density at radius 3 is 2.70 bits per heavy atom. The minimum atomic E-state index is -0.134. The van der Waals surface area contributed by atoms with Gasteiger partial charge in [-0.1, -0.05) is 18.2 Å². The van der Waals surface area contributed by atoms with Crippen LogP contribution in [0.5, 0.6) is 0 Å². The number of nitrogens with zero attached hydrogens (tertiary/aromatic N) is 2. The fraction of sp³-hybridized carbons (Fsp3) is 0.438. The first-order valence-electron chi connectivity index (χ1n) is 7.14. The molecule has 0 unspecified atom stereocenters. The van der Waals surface area contributed by atoms with Crippen molar-refractivity contribution < 1.29 is 4.39 Å². The van der Waals surface area contributed by atoms with Crippen molar-refractivity contribution >= 4 is 0 Å². The lowest BCUT2D eigenvalue weighted by Gasteiger charge is -2.43. The molecule has 106 valence electrons. The summed E-state index contributed by atoms with van der Waals surface area (Å²) in [6.07, 6.45) is 0.829. The van der Waals surface area contributed by atoms with E-state index in [4.69, 9.17) is 0 Å². The second-order valence-corrected chi connectivity index (χ2v) is 5.63. The van der Waals surface area contributed by atoms with Crippen LogP contribution in [0, 0.1) is 12.7 Å². The minimum absolute atomic E-state index is 0.103. The van der Waals surface area contributed by atoms with Gasteiger partial charge in [0.05, 0.1) is 5.69 Å². The van der Waals surface area contributed by atoms with Crippen LogP contribution in [-0.2, 0) is 18.4 Å². The van der Waals surface area contributed by atoms with Crippen LogP contribution in [-0.4, -0.2) is 22.9 Å². The van der Waals surface area contributed by atoms with Crippen molar-refractivity contribution in [2.24, 2.45) is 0 Å². The van der Waals surface area contributed by atoms with Crippen LogP contribution < -0.4 is 5.32 Å². The molecule has 0 aliphatic carbocycles. The SMILES string of the molecule is CCn1nc(C)cc1CC1(c2ccccc2F)CNC1. The van der Waals surface area contributed by atoms with Gasteiger partial charge in [0.25, 0.3) is 0 Å². The monoisotopic (exact) mass is 273 g/mol. The lowest BCUT2D eigenvalue weighted by molar-refractivity contribution is 0.260. The van der Waals surface area contributed by atoms with Gasteiger partial charge in [0, 0.05) is 37.2 Å². The molecular weight excluding hydrogens is 253 g/mol. The molecule has 1 saturated heterocycles. The van der Waals surface area contributed by atoms with E-state index in [1.54, 1.807) is 12.1 Å². The number of hydrogen-bond donors (Lipinski definition) is 1. The van der Waals surface area contributed by atoms with E-state index in [2.05, 4.69) is 23.4 Å². The van der Waals surface area contributed by atoms with Gasteiger partial charge in [-0.25, -0.2) is 4.39 Å². The number of aryl methyl sites for hydroxylation is 2. The quantitative estimate of drug-likeness (QED) is 0.927. The number of benzene rings is 1. The highest BCUT2D eigenvalue weighted by Gasteiger charge is 2.41. The summed E-state index contributed by atoms with van der Waals surface area (Å²) in [6.45, 7) is 6.59. The van der Waals surface area contributed by atoms with E-state index in [1.807, 2.05) is 23.7 Å². The van der Waals surface area contributed by atoms with Crippen molar-refractivity contribution in [2.75, 3.05) is 13.1 Å². The first-order valence-corrected chi connectivity index (χ1v) is 7.14. The van der Waals surface area contributed by atoms with Crippen molar-refractivity contribution in [3.63, 3.8) is 0 Å². The lowest BCUT2D eigenvalue weighted by Crippen LogP contribution is -2.58. The molecule has 3 rings (SSSR count). The van der Waals surface area contributed by atoms with Gasteiger partial charge in [-0.15, -0.1) is 0 Å². The number of hydrogen-bond acceptors (Lipinski definition) is 2. The summed E-state index contributed by atoms with van der Waals surface area (Å²) < 4.78 is 16.2. The predicted molar refractivity (Wildman–Crippen MR) is 77.3 cm³/mol. The Hall–Kier alpha value is -1.68. The molecule has 4 heteroatoms. The molecule has 0 atom stereocenters. The van der Waals surface area contributed by atoms with Crippen molar-refractivity contribution in [3.05, 3.63) is 53.1 Å². The first-order chi connectivity index (χ1) is 9.64. The third-order valence-electron chi connectivity index (χ3n) is 4.18. The molecular formula is C16H20FN3. The second-order valence-electron chi connectivity index (χ2n) is 5.63. The summed E-state index contributed by atoms with van der Waals surface area (Å²) in [5.74, 6) is -0.103. The normalized spacial score (nSPS) is 16.9. The van der Waals surface area contributed by atoms with Gasteiger partial charge >= 0.3 is 0 Å². The van der Waals surface area contributed by atoms with Gasteiger partial charge in [0.1, 0.15) is 5.82 Å². The molecule has 1 fully saturated rings. The van der Waals surface area contributed by atoms with Crippen LogP contribution >= 0.6 is 0 Å². The second kappa shape index (κ2) is 5.02. The Morgan fingerprint density at radius 1 is 1.35 bits per heavy atom. The van der Waals surface area contributed by atoms with Crippen molar-refractivity contribution in [2.45, 2.75) is 32.2 Å².